The van der Waals surface area contributed by atoms with Crippen LogP contribution in [0.4, 0.5) is 0 Å². The molecule has 0 unspecified atom stereocenters. The Hall–Kier alpha value is -2.29. The van der Waals surface area contributed by atoms with Crippen LogP contribution in [-0.2, 0) is 19.6 Å². The predicted molar refractivity (Wildman–Crippen MR) is 113 cm³/mol. The van der Waals surface area contributed by atoms with Gasteiger partial charge in [-0.05, 0) is 42.7 Å². The molecule has 0 aliphatic rings. The number of nitrogens with zero attached hydrogens (tertiary/aromatic N) is 2. The highest BCUT2D eigenvalue weighted by Gasteiger charge is 2.11. The molecule has 0 fully saturated rings. The maximum Gasteiger partial charge on any atom is 0.147 e. The number of benzene rings is 2. The van der Waals surface area contributed by atoms with Gasteiger partial charge in [0.25, 0.3) is 0 Å². The van der Waals surface area contributed by atoms with E-state index >= 15 is 0 Å². The SMILES string of the molecule is CCCCCCCCn1c(COc2ccc(CC)cc2)nc2ccccc21. The molecule has 27 heavy (non-hydrogen) atoms. The number of ether oxygens (including phenoxy) is 1. The van der Waals surface area contributed by atoms with Gasteiger partial charge in [0, 0.05) is 6.54 Å². The van der Waals surface area contributed by atoms with Gasteiger partial charge in [0.1, 0.15) is 18.2 Å². The first-order chi connectivity index (χ1) is 13.3. The Bertz CT molecular complexity index is 820. The Balaban J connectivity index is 1.65. The number of aryl methyl sites for hydroxylation is 2. The third kappa shape index (κ3) is 5.35. The lowest BCUT2D eigenvalue weighted by Gasteiger charge is -2.11. The zero-order valence-corrected chi connectivity index (χ0v) is 16.8. The van der Waals surface area contributed by atoms with Crippen molar-refractivity contribution in [2.75, 3.05) is 0 Å². The van der Waals surface area contributed by atoms with Crippen LogP contribution in [0.1, 0.15) is 63.8 Å². The van der Waals surface area contributed by atoms with E-state index in [1.165, 1.54) is 49.6 Å². The van der Waals surface area contributed by atoms with E-state index < -0.39 is 0 Å². The average molecular weight is 365 g/mol. The quantitative estimate of drug-likeness (QED) is 0.361. The molecule has 1 heterocycles. The lowest BCUT2D eigenvalue weighted by Crippen LogP contribution is -2.07. The Morgan fingerprint density at radius 3 is 2.37 bits per heavy atom. The fourth-order valence-corrected chi connectivity index (χ4v) is 3.50. The Morgan fingerprint density at radius 1 is 0.852 bits per heavy atom. The number of aromatic nitrogens is 2. The maximum absolute atomic E-state index is 6.04. The molecule has 3 nitrogen and oxygen atoms in total. The molecule has 0 aliphatic carbocycles. The van der Waals surface area contributed by atoms with Crippen LogP contribution in [0.5, 0.6) is 5.75 Å². The van der Waals surface area contributed by atoms with Crippen molar-refractivity contribution in [1.29, 1.82) is 0 Å². The van der Waals surface area contributed by atoms with Crippen molar-refractivity contribution in [1.82, 2.24) is 9.55 Å². The van der Waals surface area contributed by atoms with E-state index in [1.807, 2.05) is 0 Å². The highest BCUT2D eigenvalue weighted by molar-refractivity contribution is 5.75. The van der Waals surface area contributed by atoms with Gasteiger partial charge in [-0.2, -0.15) is 0 Å². The van der Waals surface area contributed by atoms with Crippen molar-refractivity contribution in [3.05, 3.63) is 59.9 Å². The molecule has 0 aliphatic heterocycles. The number of rotatable bonds is 11. The normalized spacial score (nSPS) is 11.2. The fourth-order valence-electron chi connectivity index (χ4n) is 3.50. The minimum Gasteiger partial charge on any atom is -0.486 e. The Labute approximate surface area is 163 Å². The molecule has 0 saturated carbocycles. The highest BCUT2D eigenvalue weighted by Crippen LogP contribution is 2.20. The number of fused-ring (bicyclic) bond motifs is 1. The van der Waals surface area contributed by atoms with Crippen molar-refractivity contribution in [3.8, 4) is 5.75 Å². The van der Waals surface area contributed by atoms with E-state index in [0.29, 0.717) is 6.61 Å². The van der Waals surface area contributed by atoms with Crippen molar-refractivity contribution in [2.45, 2.75) is 71.9 Å². The largest absolute Gasteiger partial charge is 0.486 e. The van der Waals surface area contributed by atoms with E-state index in [9.17, 15) is 0 Å². The van der Waals surface area contributed by atoms with Gasteiger partial charge in [0.05, 0.1) is 11.0 Å². The van der Waals surface area contributed by atoms with E-state index in [0.717, 1.165) is 30.1 Å². The summed E-state index contributed by atoms with van der Waals surface area (Å²) >= 11 is 0. The molecule has 0 atom stereocenters. The van der Waals surface area contributed by atoms with Crippen molar-refractivity contribution in [3.63, 3.8) is 0 Å². The molecular weight excluding hydrogens is 332 g/mol. The van der Waals surface area contributed by atoms with Gasteiger partial charge in [-0.3, -0.25) is 0 Å². The van der Waals surface area contributed by atoms with Gasteiger partial charge in [-0.15, -0.1) is 0 Å². The molecule has 0 amide bonds. The van der Waals surface area contributed by atoms with Crippen molar-refractivity contribution < 1.29 is 4.74 Å². The van der Waals surface area contributed by atoms with Crippen LogP contribution in [0.15, 0.2) is 48.5 Å². The molecule has 0 bridgehead atoms. The zero-order chi connectivity index (χ0) is 18.9. The summed E-state index contributed by atoms with van der Waals surface area (Å²) in [5, 5.41) is 0. The molecule has 3 heteroatoms. The third-order valence-corrected chi connectivity index (χ3v) is 5.17. The van der Waals surface area contributed by atoms with Crippen LogP contribution < -0.4 is 4.74 Å². The summed E-state index contributed by atoms with van der Waals surface area (Å²) in [6.07, 6.45) is 8.86. The van der Waals surface area contributed by atoms with Gasteiger partial charge in [0.15, 0.2) is 0 Å². The molecular formula is C24H32N2O. The van der Waals surface area contributed by atoms with E-state index in [1.54, 1.807) is 0 Å². The number of hydrogen-bond acceptors (Lipinski definition) is 2. The summed E-state index contributed by atoms with van der Waals surface area (Å²) in [4.78, 5) is 4.83. The van der Waals surface area contributed by atoms with Crippen LogP contribution in [0, 0.1) is 0 Å². The van der Waals surface area contributed by atoms with Crippen molar-refractivity contribution in [2.24, 2.45) is 0 Å². The van der Waals surface area contributed by atoms with E-state index in [2.05, 4.69) is 66.9 Å². The van der Waals surface area contributed by atoms with Crippen LogP contribution in [0.25, 0.3) is 11.0 Å². The van der Waals surface area contributed by atoms with Crippen LogP contribution >= 0.6 is 0 Å². The minimum absolute atomic E-state index is 0.510. The average Bonchev–Trinajstić information content (AvgIpc) is 3.07. The molecule has 1 aromatic heterocycles. The molecule has 0 N–H and O–H groups in total. The number of unbranched alkanes of at least 4 members (excludes halogenated alkanes) is 5. The molecule has 3 rings (SSSR count). The molecule has 3 aromatic rings. The maximum atomic E-state index is 6.04. The van der Waals surface area contributed by atoms with Crippen molar-refractivity contribution >= 4 is 11.0 Å². The second-order valence-corrected chi connectivity index (χ2v) is 7.22. The smallest absolute Gasteiger partial charge is 0.147 e. The van der Waals surface area contributed by atoms with Crippen LogP contribution in [-0.4, -0.2) is 9.55 Å². The summed E-state index contributed by atoms with van der Waals surface area (Å²) < 4.78 is 8.38. The first-order valence-electron chi connectivity index (χ1n) is 10.5. The number of hydrogen-bond donors (Lipinski definition) is 0. The molecule has 0 spiro atoms. The molecule has 0 radical (unpaired) electrons. The first kappa shape index (κ1) is 19.5. The number of imidazole rings is 1. The van der Waals surface area contributed by atoms with Gasteiger partial charge >= 0.3 is 0 Å². The summed E-state index contributed by atoms with van der Waals surface area (Å²) in [7, 11) is 0. The highest BCUT2D eigenvalue weighted by atomic mass is 16.5. The predicted octanol–water partition coefficient (Wildman–Crippen LogP) is 6.54. The molecule has 2 aromatic carbocycles. The van der Waals surface area contributed by atoms with Gasteiger partial charge in [0.2, 0.25) is 0 Å². The monoisotopic (exact) mass is 364 g/mol. The lowest BCUT2D eigenvalue weighted by atomic mass is 10.1. The summed E-state index contributed by atoms with van der Waals surface area (Å²) in [5.41, 5.74) is 3.60. The standard InChI is InChI=1S/C24H32N2O/c1-3-5-6-7-8-11-18-26-23-13-10-9-12-22(23)25-24(26)19-27-21-16-14-20(4-2)15-17-21/h9-10,12-17H,3-8,11,18-19H2,1-2H3. The van der Waals surface area contributed by atoms with Gasteiger partial charge < -0.3 is 9.30 Å². The molecule has 0 saturated heterocycles. The second-order valence-electron chi connectivity index (χ2n) is 7.22. The van der Waals surface area contributed by atoms with Gasteiger partial charge in [-0.1, -0.05) is 70.2 Å². The topological polar surface area (TPSA) is 27.1 Å². The molecule has 144 valence electrons. The summed E-state index contributed by atoms with van der Waals surface area (Å²) in [6, 6.07) is 16.8. The Kier molecular flexibility index (Phi) is 7.32. The van der Waals surface area contributed by atoms with Crippen LogP contribution in [0.2, 0.25) is 0 Å². The zero-order valence-electron chi connectivity index (χ0n) is 16.8. The second kappa shape index (κ2) is 10.1. The minimum atomic E-state index is 0.510. The fraction of sp³-hybridized carbons (Fsp3) is 0.458. The van der Waals surface area contributed by atoms with E-state index in [4.69, 9.17) is 9.72 Å². The van der Waals surface area contributed by atoms with Crippen LogP contribution in [0.3, 0.4) is 0 Å². The number of para-hydroxylation sites is 2. The first-order valence-corrected chi connectivity index (χ1v) is 10.5. The summed E-state index contributed by atoms with van der Waals surface area (Å²) in [6.45, 7) is 5.95. The van der Waals surface area contributed by atoms with Gasteiger partial charge in [-0.25, -0.2) is 4.98 Å². The third-order valence-electron chi connectivity index (χ3n) is 5.17. The Morgan fingerprint density at radius 2 is 1.59 bits per heavy atom. The van der Waals surface area contributed by atoms with E-state index in [-0.39, 0.29) is 0 Å². The lowest BCUT2D eigenvalue weighted by molar-refractivity contribution is 0.289. The summed E-state index contributed by atoms with van der Waals surface area (Å²) in [5.74, 6) is 1.93.